The molecule has 0 spiro atoms. The van der Waals surface area contributed by atoms with Crippen LogP contribution in [0.1, 0.15) is 31.7 Å². The monoisotopic (exact) mass is 317 g/mol. The van der Waals surface area contributed by atoms with Gasteiger partial charge < -0.3 is 10.4 Å². The fourth-order valence-electron chi connectivity index (χ4n) is 1.76. The van der Waals surface area contributed by atoms with E-state index in [9.17, 15) is 22.8 Å². The highest BCUT2D eigenvalue weighted by atomic mass is 19.4. The molecule has 0 aliphatic heterocycles. The van der Waals surface area contributed by atoms with Crippen molar-refractivity contribution in [2.75, 3.05) is 6.54 Å². The number of nitrogens with one attached hydrogen (secondary N) is 1. The molecule has 4 nitrogen and oxygen atoms in total. The lowest BCUT2D eigenvalue weighted by Crippen LogP contribution is -2.40. The van der Waals surface area contributed by atoms with Crippen LogP contribution < -0.4 is 5.32 Å². The second kappa shape index (κ2) is 6.81. The SMILES string of the molecule is CC(C)(CNC(=O)CC(c1ccccc1)C(F)(F)F)C(=O)O. The van der Waals surface area contributed by atoms with Crippen molar-refractivity contribution in [1.82, 2.24) is 5.32 Å². The van der Waals surface area contributed by atoms with E-state index in [1.807, 2.05) is 0 Å². The number of benzene rings is 1. The molecule has 1 atom stereocenters. The van der Waals surface area contributed by atoms with Gasteiger partial charge in [0.15, 0.2) is 0 Å². The number of carboxylic acid groups (broad SMARTS) is 1. The maximum atomic E-state index is 13.1. The third kappa shape index (κ3) is 5.05. The van der Waals surface area contributed by atoms with Crippen molar-refractivity contribution in [3.05, 3.63) is 35.9 Å². The smallest absolute Gasteiger partial charge is 0.396 e. The molecule has 122 valence electrons. The summed E-state index contributed by atoms with van der Waals surface area (Å²) in [5.41, 5.74) is -1.24. The summed E-state index contributed by atoms with van der Waals surface area (Å²) in [5, 5.41) is 11.2. The molecule has 1 amide bonds. The summed E-state index contributed by atoms with van der Waals surface area (Å²) in [6, 6.07) is 7.16. The van der Waals surface area contributed by atoms with Crippen LogP contribution in [0.4, 0.5) is 13.2 Å². The van der Waals surface area contributed by atoms with E-state index < -0.39 is 35.8 Å². The van der Waals surface area contributed by atoms with E-state index in [0.717, 1.165) is 0 Å². The highest BCUT2D eigenvalue weighted by Crippen LogP contribution is 2.37. The van der Waals surface area contributed by atoms with Gasteiger partial charge in [0.1, 0.15) is 0 Å². The van der Waals surface area contributed by atoms with Gasteiger partial charge in [-0.15, -0.1) is 0 Å². The Labute approximate surface area is 126 Å². The molecule has 1 rings (SSSR count). The molecule has 0 radical (unpaired) electrons. The lowest BCUT2D eigenvalue weighted by Gasteiger charge is -2.23. The van der Waals surface area contributed by atoms with Crippen LogP contribution in [0, 0.1) is 5.41 Å². The lowest BCUT2D eigenvalue weighted by atomic mass is 9.92. The first kappa shape index (κ1) is 18.0. The molecule has 0 aliphatic rings. The van der Waals surface area contributed by atoms with Crippen molar-refractivity contribution in [2.45, 2.75) is 32.4 Å². The fraction of sp³-hybridized carbons (Fsp3) is 0.467. The Bertz CT molecular complexity index is 527. The molecule has 0 aliphatic carbocycles. The first-order chi connectivity index (χ1) is 10.0. The summed E-state index contributed by atoms with van der Waals surface area (Å²) in [6.07, 6.45) is -5.33. The normalized spacial score (nSPS) is 13.5. The summed E-state index contributed by atoms with van der Waals surface area (Å²) >= 11 is 0. The van der Waals surface area contributed by atoms with Gasteiger partial charge in [-0.25, -0.2) is 0 Å². The summed E-state index contributed by atoms with van der Waals surface area (Å²) in [7, 11) is 0. The van der Waals surface area contributed by atoms with E-state index in [1.165, 1.54) is 38.1 Å². The second-order valence-corrected chi connectivity index (χ2v) is 5.67. The Morgan fingerprint density at radius 3 is 2.18 bits per heavy atom. The summed E-state index contributed by atoms with van der Waals surface area (Å²) in [5.74, 6) is -3.88. The molecule has 2 N–H and O–H groups in total. The molecule has 1 aromatic carbocycles. The lowest BCUT2D eigenvalue weighted by molar-refractivity contribution is -0.157. The molecule has 0 saturated carbocycles. The van der Waals surface area contributed by atoms with Gasteiger partial charge in [0, 0.05) is 13.0 Å². The number of hydrogen-bond donors (Lipinski definition) is 2. The third-order valence-corrected chi connectivity index (χ3v) is 3.29. The number of carbonyl (C=O) groups is 2. The first-order valence-corrected chi connectivity index (χ1v) is 6.66. The van der Waals surface area contributed by atoms with Crippen LogP contribution in [0.5, 0.6) is 0 Å². The summed E-state index contributed by atoms with van der Waals surface area (Å²) in [6.45, 7) is 2.53. The van der Waals surface area contributed by atoms with Crippen LogP contribution in [0.3, 0.4) is 0 Å². The molecule has 0 aromatic heterocycles. The van der Waals surface area contributed by atoms with Crippen molar-refractivity contribution in [2.24, 2.45) is 5.41 Å². The van der Waals surface area contributed by atoms with Crippen LogP contribution in [-0.2, 0) is 9.59 Å². The van der Waals surface area contributed by atoms with Crippen LogP contribution in [0.15, 0.2) is 30.3 Å². The van der Waals surface area contributed by atoms with Crippen molar-refractivity contribution < 1.29 is 27.9 Å². The maximum absolute atomic E-state index is 13.1. The van der Waals surface area contributed by atoms with Gasteiger partial charge in [0.2, 0.25) is 5.91 Å². The van der Waals surface area contributed by atoms with Crippen molar-refractivity contribution >= 4 is 11.9 Å². The van der Waals surface area contributed by atoms with Gasteiger partial charge >= 0.3 is 12.1 Å². The largest absolute Gasteiger partial charge is 0.481 e. The molecule has 0 saturated heterocycles. The number of hydrogen-bond acceptors (Lipinski definition) is 2. The Morgan fingerprint density at radius 1 is 1.18 bits per heavy atom. The van der Waals surface area contributed by atoms with Gasteiger partial charge in [-0.2, -0.15) is 13.2 Å². The number of carbonyl (C=O) groups excluding carboxylic acids is 1. The highest BCUT2D eigenvalue weighted by molar-refractivity contribution is 5.79. The van der Waals surface area contributed by atoms with E-state index in [1.54, 1.807) is 6.07 Å². The molecule has 22 heavy (non-hydrogen) atoms. The van der Waals surface area contributed by atoms with Crippen LogP contribution >= 0.6 is 0 Å². The molecule has 0 heterocycles. The number of carboxylic acids is 1. The van der Waals surface area contributed by atoms with Crippen LogP contribution in [-0.4, -0.2) is 29.7 Å². The Kier molecular flexibility index (Phi) is 5.57. The number of alkyl halides is 3. The number of rotatable bonds is 6. The summed E-state index contributed by atoms with van der Waals surface area (Å²) in [4.78, 5) is 22.6. The predicted octanol–water partition coefficient (Wildman–Crippen LogP) is 2.95. The van der Waals surface area contributed by atoms with Crippen molar-refractivity contribution in [1.29, 1.82) is 0 Å². The molecule has 0 bridgehead atoms. The minimum atomic E-state index is -4.55. The van der Waals surface area contributed by atoms with Gasteiger partial charge in [-0.1, -0.05) is 30.3 Å². The second-order valence-electron chi connectivity index (χ2n) is 5.67. The fourth-order valence-corrected chi connectivity index (χ4v) is 1.76. The standard InChI is InChI=1S/C15H18F3NO3/c1-14(2,13(21)22)9-19-12(20)8-11(15(16,17)18)10-6-4-3-5-7-10/h3-7,11H,8-9H2,1-2H3,(H,19,20)(H,21,22). The maximum Gasteiger partial charge on any atom is 0.396 e. The molecule has 1 aromatic rings. The summed E-state index contributed by atoms with van der Waals surface area (Å²) < 4.78 is 39.3. The van der Waals surface area contributed by atoms with Gasteiger partial charge in [-0.05, 0) is 19.4 Å². The van der Waals surface area contributed by atoms with E-state index >= 15 is 0 Å². The zero-order chi connectivity index (χ0) is 17.0. The number of halogens is 3. The third-order valence-electron chi connectivity index (χ3n) is 3.29. The average Bonchev–Trinajstić information content (AvgIpc) is 2.42. The Balaban J connectivity index is 2.76. The quantitative estimate of drug-likeness (QED) is 0.848. The Hall–Kier alpha value is -2.05. The zero-order valence-corrected chi connectivity index (χ0v) is 12.3. The topological polar surface area (TPSA) is 66.4 Å². The Morgan fingerprint density at radius 2 is 1.73 bits per heavy atom. The molecule has 1 unspecified atom stereocenters. The minimum Gasteiger partial charge on any atom is -0.481 e. The van der Waals surface area contributed by atoms with Gasteiger partial charge in [-0.3, -0.25) is 9.59 Å². The zero-order valence-electron chi connectivity index (χ0n) is 12.3. The van der Waals surface area contributed by atoms with E-state index in [0.29, 0.717) is 0 Å². The van der Waals surface area contributed by atoms with Crippen LogP contribution in [0.2, 0.25) is 0 Å². The van der Waals surface area contributed by atoms with E-state index in [4.69, 9.17) is 5.11 Å². The van der Waals surface area contributed by atoms with E-state index in [-0.39, 0.29) is 12.1 Å². The predicted molar refractivity (Wildman–Crippen MR) is 74.3 cm³/mol. The first-order valence-electron chi connectivity index (χ1n) is 6.66. The average molecular weight is 317 g/mol. The van der Waals surface area contributed by atoms with Gasteiger partial charge in [0.05, 0.1) is 11.3 Å². The van der Waals surface area contributed by atoms with Crippen molar-refractivity contribution in [3.63, 3.8) is 0 Å². The molecule has 0 fully saturated rings. The number of amides is 1. The van der Waals surface area contributed by atoms with E-state index in [2.05, 4.69) is 5.32 Å². The van der Waals surface area contributed by atoms with Crippen molar-refractivity contribution in [3.8, 4) is 0 Å². The van der Waals surface area contributed by atoms with Gasteiger partial charge in [0.25, 0.3) is 0 Å². The molecular weight excluding hydrogens is 299 g/mol. The molecule has 7 heteroatoms. The minimum absolute atomic E-state index is 0.00245. The highest BCUT2D eigenvalue weighted by Gasteiger charge is 2.42. The number of aliphatic carboxylic acids is 1. The van der Waals surface area contributed by atoms with Crippen LogP contribution in [0.25, 0.3) is 0 Å². The molecular formula is C15H18F3NO3.